The van der Waals surface area contributed by atoms with Crippen molar-refractivity contribution >= 4 is 37.4 Å². The zero-order valence-electron chi connectivity index (χ0n) is 11.5. The van der Waals surface area contributed by atoms with Crippen LogP contribution in [0.5, 0.6) is 5.75 Å². The van der Waals surface area contributed by atoms with Crippen LogP contribution >= 0.6 is 27.3 Å². The lowest BCUT2D eigenvalue weighted by atomic mass is 10.1. The molecule has 1 heterocycles. The first-order valence-corrected chi connectivity index (χ1v) is 8.35. The first-order valence-electron chi connectivity index (χ1n) is 6.62. The Bertz CT molecular complexity index is 751. The Kier molecular flexibility index (Phi) is 4.27. The molecule has 4 heteroatoms. The number of methoxy groups -OCH3 is 1. The molecule has 3 aromatic rings. The topological polar surface area (TPSA) is 9.23 Å². The third kappa shape index (κ3) is 3.27. The van der Waals surface area contributed by atoms with Crippen LogP contribution in [0.1, 0.15) is 15.3 Å². The van der Waals surface area contributed by atoms with Crippen molar-refractivity contribution in [2.75, 3.05) is 7.11 Å². The summed E-state index contributed by atoms with van der Waals surface area (Å²) in [5, 5.41) is 1.09. The number of rotatable bonds is 4. The lowest BCUT2D eigenvalue weighted by molar-refractivity contribution is 0.414. The summed E-state index contributed by atoms with van der Waals surface area (Å²) in [4.78, 5) is 1.44. The van der Waals surface area contributed by atoms with Crippen LogP contribution in [0.2, 0.25) is 0 Å². The molecule has 0 fully saturated rings. The summed E-state index contributed by atoms with van der Waals surface area (Å²) in [7, 11) is 1.67. The van der Waals surface area contributed by atoms with Gasteiger partial charge in [0.1, 0.15) is 11.6 Å². The van der Waals surface area contributed by atoms with Crippen LogP contribution in [0.25, 0.3) is 10.1 Å². The molecule has 0 bridgehead atoms. The molecule has 0 N–H and O–H groups in total. The van der Waals surface area contributed by atoms with Crippen LogP contribution in [0.15, 0.2) is 48.5 Å². The zero-order valence-corrected chi connectivity index (χ0v) is 13.9. The van der Waals surface area contributed by atoms with Crippen LogP contribution in [0.4, 0.5) is 4.39 Å². The minimum Gasteiger partial charge on any atom is -0.497 e. The molecule has 0 saturated heterocycles. The number of hydrogen-bond donors (Lipinski definition) is 0. The van der Waals surface area contributed by atoms with E-state index in [0.717, 1.165) is 22.3 Å². The van der Waals surface area contributed by atoms with Crippen LogP contribution in [0, 0.1) is 5.82 Å². The number of thiophene rings is 1. The molecule has 1 unspecified atom stereocenters. The Morgan fingerprint density at radius 3 is 2.62 bits per heavy atom. The zero-order chi connectivity index (χ0) is 14.8. The maximum Gasteiger partial charge on any atom is 0.124 e. The average molecular weight is 365 g/mol. The highest BCUT2D eigenvalue weighted by atomic mass is 79.9. The predicted octanol–water partition coefficient (Wildman–Crippen LogP) is 5.73. The van der Waals surface area contributed by atoms with E-state index in [0.29, 0.717) is 0 Å². The number of fused-ring (bicyclic) bond motifs is 1. The smallest absolute Gasteiger partial charge is 0.124 e. The molecule has 0 saturated carbocycles. The molecular formula is C17H14BrFOS. The molecule has 0 aliphatic heterocycles. The molecule has 108 valence electrons. The normalized spacial score (nSPS) is 12.5. The van der Waals surface area contributed by atoms with Crippen LogP contribution < -0.4 is 4.74 Å². The number of hydrogen-bond acceptors (Lipinski definition) is 2. The highest BCUT2D eigenvalue weighted by Crippen LogP contribution is 2.36. The van der Waals surface area contributed by atoms with E-state index in [1.807, 2.05) is 18.2 Å². The van der Waals surface area contributed by atoms with Gasteiger partial charge in [-0.2, -0.15) is 0 Å². The minimum absolute atomic E-state index is 0.183. The van der Waals surface area contributed by atoms with Crippen molar-refractivity contribution in [3.63, 3.8) is 0 Å². The Morgan fingerprint density at radius 1 is 1.14 bits per heavy atom. The second kappa shape index (κ2) is 6.16. The molecule has 0 amide bonds. The van der Waals surface area contributed by atoms with E-state index in [1.54, 1.807) is 24.5 Å². The molecule has 21 heavy (non-hydrogen) atoms. The first-order chi connectivity index (χ1) is 10.2. The maximum atomic E-state index is 13.2. The van der Waals surface area contributed by atoms with Crippen LogP contribution in [-0.2, 0) is 6.42 Å². The average Bonchev–Trinajstić information content (AvgIpc) is 2.91. The van der Waals surface area contributed by atoms with E-state index in [4.69, 9.17) is 4.74 Å². The van der Waals surface area contributed by atoms with Crippen LogP contribution in [-0.4, -0.2) is 7.11 Å². The van der Waals surface area contributed by atoms with Gasteiger partial charge >= 0.3 is 0 Å². The lowest BCUT2D eigenvalue weighted by Crippen LogP contribution is -1.93. The van der Waals surface area contributed by atoms with E-state index in [1.165, 1.54) is 16.5 Å². The van der Waals surface area contributed by atoms with Gasteiger partial charge in [-0.3, -0.25) is 0 Å². The summed E-state index contributed by atoms with van der Waals surface area (Å²) in [5.74, 6) is 0.680. The Morgan fingerprint density at radius 2 is 1.90 bits per heavy atom. The Hall–Kier alpha value is -1.39. The van der Waals surface area contributed by atoms with Gasteiger partial charge in [0.05, 0.1) is 11.9 Å². The number of halogens is 2. The molecule has 0 aliphatic rings. The van der Waals surface area contributed by atoms with Gasteiger partial charge in [-0.05, 0) is 47.7 Å². The van der Waals surface area contributed by atoms with E-state index in [9.17, 15) is 4.39 Å². The minimum atomic E-state index is -0.183. The van der Waals surface area contributed by atoms with Crippen molar-refractivity contribution in [3.05, 3.63) is 64.8 Å². The van der Waals surface area contributed by atoms with Gasteiger partial charge < -0.3 is 4.74 Å². The molecule has 0 aliphatic carbocycles. The van der Waals surface area contributed by atoms with E-state index in [2.05, 4.69) is 34.1 Å². The molecule has 1 nitrogen and oxygen atoms in total. The molecule has 3 rings (SSSR count). The Labute approximate surface area is 135 Å². The molecule has 1 aromatic heterocycles. The largest absolute Gasteiger partial charge is 0.497 e. The number of benzene rings is 2. The summed E-state index contributed by atoms with van der Waals surface area (Å²) >= 11 is 5.38. The maximum absolute atomic E-state index is 13.2. The summed E-state index contributed by atoms with van der Waals surface area (Å²) in [6.45, 7) is 0. The quantitative estimate of drug-likeness (QED) is 0.537. The van der Waals surface area contributed by atoms with Gasteiger partial charge in [0, 0.05) is 9.58 Å². The molecule has 0 radical (unpaired) electrons. The molecule has 2 aromatic carbocycles. The third-order valence-electron chi connectivity index (χ3n) is 3.38. The summed E-state index contributed by atoms with van der Waals surface area (Å²) in [5.41, 5.74) is 1.24. The highest BCUT2D eigenvalue weighted by molar-refractivity contribution is 9.09. The van der Waals surface area contributed by atoms with Crippen molar-refractivity contribution in [2.45, 2.75) is 11.2 Å². The standard InChI is InChI=1S/C17H14BrFOS/c1-20-14-6-2-11(3-7-14)8-15(18)17-9-12-4-5-13(19)10-16(12)21-17/h2-7,9-10,15H,8H2,1H3. The van der Waals surface area contributed by atoms with Gasteiger partial charge in [0.2, 0.25) is 0 Å². The van der Waals surface area contributed by atoms with Crippen molar-refractivity contribution in [1.82, 2.24) is 0 Å². The van der Waals surface area contributed by atoms with Crippen molar-refractivity contribution in [2.24, 2.45) is 0 Å². The number of alkyl halides is 1. The first kappa shape index (κ1) is 14.5. The SMILES string of the molecule is COc1ccc(CC(Br)c2cc3ccc(F)cc3s2)cc1. The third-order valence-corrected chi connectivity index (χ3v) is 5.72. The highest BCUT2D eigenvalue weighted by Gasteiger charge is 2.12. The fourth-order valence-corrected chi connectivity index (χ4v) is 4.10. The van der Waals surface area contributed by atoms with Crippen molar-refractivity contribution in [1.29, 1.82) is 0 Å². The van der Waals surface area contributed by atoms with E-state index < -0.39 is 0 Å². The summed E-state index contributed by atoms with van der Waals surface area (Å²) in [6.07, 6.45) is 0.888. The van der Waals surface area contributed by atoms with Crippen LogP contribution in [0.3, 0.4) is 0 Å². The number of ether oxygens (including phenoxy) is 1. The van der Waals surface area contributed by atoms with Gasteiger partial charge in [-0.25, -0.2) is 4.39 Å². The van der Waals surface area contributed by atoms with Gasteiger partial charge in [0.15, 0.2) is 0 Å². The molecule has 1 atom stereocenters. The van der Waals surface area contributed by atoms with Gasteiger partial charge in [-0.15, -0.1) is 11.3 Å². The Balaban J connectivity index is 1.80. The van der Waals surface area contributed by atoms with E-state index >= 15 is 0 Å². The lowest BCUT2D eigenvalue weighted by Gasteiger charge is -2.08. The van der Waals surface area contributed by atoms with Crippen molar-refractivity contribution in [3.8, 4) is 5.75 Å². The van der Waals surface area contributed by atoms with Gasteiger partial charge in [0.25, 0.3) is 0 Å². The predicted molar refractivity (Wildman–Crippen MR) is 90.1 cm³/mol. The molecular weight excluding hydrogens is 351 g/mol. The fourth-order valence-electron chi connectivity index (χ4n) is 2.25. The summed E-state index contributed by atoms with van der Waals surface area (Å²) in [6, 6.07) is 15.1. The second-order valence-corrected chi connectivity index (χ2v) is 7.07. The van der Waals surface area contributed by atoms with E-state index in [-0.39, 0.29) is 10.6 Å². The van der Waals surface area contributed by atoms with Crippen molar-refractivity contribution < 1.29 is 9.13 Å². The second-order valence-electron chi connectivity index (χ2n) is 4.85. The van der Waals surface area contributed by atoms with Gasteiger partial charge in [-0.1, -0.05) is 34.1 Å². The fraction of sp³-hybridized carbons (Fsp3) is 0.176. The summed E-state index contributed by atoms with van der Waals surface area (Å²) < 4.78 is 19.4. The molecule has 0 spiro atoms. The monoisotopic (exact) mass is 364 g/mol.